The maximum atomic E-state index is 11.4. The van der Waals surface area contributed by atoms with Crippen LogP contribution in [-0.4, -0.2) is 24.6 Å². The number of para-hydroxylation sites is 1. The summed E-state index contributed by atoms with van der Waals surface area (Å²) in [5.74, 6) is 0.584. The molecule has 0 spiro atoms. The van der Waals surface area contributed by atoms with Gasteiger partial charge < -0.3 is 9.64 Å². The van der Waals surface area contributed by atoms with Crippen molar-refractivity contribution >= 4 is 6.09 Å². The van der Waals surface area contributed by atoms with E-state index in [1.165, 1.54) is 0 Å². The molecule has 0 unspecified atom stereocenters. The van der Waals surface area contributed by atoms with Gasteiger partial charge in [-0.2, -0.15) is 0 Å². The van der Waals surface area contributed by atoms with E-state index in [9.17, 15) is 4.79 Å². The molecule has 14 heavy (non-hydrogen) atoms. The van der Waals surface area contributed by atoms with Crippen molar-refractivity contribution in [2.45, 2.75) is 13.3 Å². The summed E-state index contributed by atoms with van der Waals surface area (Å²) in [4.78, 5) is 13.0. The summed E-state index contributed by atoms with van der Waals surface area (Å²) < 4.78 is 5.12. The highest BCUT2D eigenvalue weighted by molar-refractivity contribution is 5.70. The van der Waals surface area contributed by atoms with Gasteiger partial charge in [0.15, 0.2) is 0 Å². The van der Waals surface area contributed by atoms with Gasteiger partial charge in [-0.3, -0.25) is 0 Å². The minimum atomic E-state index is -0.307. The molecule has 0 aliphatic carbocycles. The summed E-state index contributed by atoms with van der Waals surface area (Å²) >= 11 is 0. The van der Waals surface area contributed by atoms with Crippen LogP contribution < -0.4 is 4.74 Å². The number of carbonyl (C=O) groups excluding carboxylic acids is 1. The van der Waals surface area contributed by atoms with E-state index in [1.807, 2.05) is 25.1 Å². The summed E-state index contributed by atoms with van der Waals surface area (Å²) in [5.41, 5.74) is 0. The first-order valence-corrected chi connectivity index (χ1v) is 4.72. The van der Waals surface area contributed by atoms with Gasteiger partial charge in [-0.1, -0.05) is 25.1 Å². The fourth-order valence-corrected chi connectivity index (χ4v) is 1.09. The molecule has 0 radical (unpaired) electrons. The molecule has 0 fully saturated rings. The van der Waals surface area contributed by atoms with Gasteiger partial charge in [-0.15, -0.1) is 0 Å². The lowest BCUT2D eigenvalue weighted by atomic mass is 10.3. The summed E-state index contributed by atoms with van der Waals surface area (Å²) in [5, 5.41) is 0. The predicted molar refractivity (Wildman–Crippen MR) is 55.4 cm³/mol. The fraction of sp³-hybridized carbons (Fsp3) is 0.364. The molecule has 0 saturated carbocycles. The number of carbonyl (C=O) groups is 1. The topological polar surface area (TPSA) is 29.5 Å². The van der Waals surface area contributed by atoms with E-state index in [0.29, 0.717) is 12.3 Å². The molecule has 0 N–H and O–H groups in total. The molecule has 0 aliphatic heterocycles. The summed E-state index contributed by atoms with van der Waals surface area (Å²) in [6, 6.07) is 9.08. The molecule has 3 nitrogen and oxygen atoms in total. The Hall–Kier alpha value is -1.51. The molecule has 0 aromatic heterocycles. The van der Waals surface area contributed by atoms with Crippen LogP contribution in [-0.2, 0) is 0 Å². The minimum Gasteiger partial charge on any atom is -0.410 e. The molecule has 0 heterocycles. The van der Waals surface area contributed by atoms with Crippen LogP contribution in [0.1, 0.15) is 13.3 Å². The van der Waals surface area contributed by atoms with Crippen LogP contribution in [0.15, 0.2) is 30.3 Å². The van der Waals surface area contributed by atoms with E-state index in [4.69, 9.17) is 4.74 Å². The van der Waals surface area contributed by atoms with E-state index < -0.39 is 0 Å². The zero-order valence-electron chi connectivity index (χ0n) is 8.56. The van der Waals surface area contributed by atoms with Gasteiger partial charge in [0.25, 0.3) is 0 Å². The minimum absolute atomic E-state index is 0.307. The average molecular weight is 193 g/mol. The lowest BCUT2D eigenvalue weighted by molar-refractivity contribution is 0.163. The first-order chi connectivity index (χ1) is 6.74. The molecule has 1 aromatic rings. The van der Waals surface area contributed by atoms with Crippen LogP contribution in [0.4, 0.5) is 4.79 Å². The van der Waals surface area contributed by atoms with Crippen molar-refractivity contribution in [1.82, 2.24) is 4.90 Å². The van der Waals surface area contributed by atoms with Gasteiger partial charge in [-0.05, 0) is 18.6 Å². The fourth-order valence-electron chi connectivity index (χ4n) is 1.09. The zero-order valence-corrected chi connectivity index (χ0v) is 8.56. The van der Waals surface area contributed by atoms with Crippen molar-refractivity contribution in [3.8, 4) is 5.75 Å². The SMILES string of the molecule is CCCN(C)C(=O)Oc1ccccc1. The smallest absolute Gasteiger partial charge is 0.410 e. The molecule has 1 aromatic carbocycles. The maximum absolute atomic E-state index is 11.4. The molecule has 1 amide bonds. The van der Waals surface area contributed by atoms with E-state index in [2.05, 4.69) is 0 Å². The molecular weight excluding hydrogens is 178 g/mol. The Kier molecular flexibility index (Phi) is 3.98. The number of hydrogen-bond donors (Lipinski definition) is 0. The van der Waals surface area contributed by atoms with Crippen LogP contribution in [0, 0.1) is 0 Å². The second kappa shape index (κ2) is 5.27. The number of benzene rings is 1. The lowest BCUT2D eigenvalue weighted by Gasteiger charge is -2.15. The Balaban J connectivity index is 2.49. The van der Waals surface area contributed by atoms with Crippen LogP contribution in [0.5, 0.6) is 5.75 Å². The summed E-state index contributed by atoms with van der Waals surface area (Å²) in [7, 11) is 1.73. The van der Waals surface area contributed by atoms with Crippen LogP contribution in [0.3, 0.4) is 0 Å². The van der Waals surface area contributed by atoms with Crippen LogP contribution in [0.25, 0.3) is 0 Å². The van der Waals surface area contributed by atoms with Crippen molar-refractivity contribution in [3.63, 3.8) is 0 Å². The Bertz CT molecular complexity index is 285. The highest BCUT2D eigenvalue weighted by Gasteiger charge is 2.08. The number of ether oxygens (including phenoxy) is 1. The predicted octanol–water partition coefficient (Wildman–Crippen LogP) is 2.53. The second-order valence-electron chi connectivity index (χ2n) is 3.10. The van der Waals surface area contributed by atoms with Crippen LogP contribution in [0.2, 0.25) is 0 Å². The highest BCUT2D eigenvalue weighted by atomic mass is 16.6. The van der Waals surface area contributed by atoms with E-state index >= 15 is 0 Å². The van der Waals surface area contributed by atoms with Gasteiger partial charge >= 0.3 is 6.09 Å². The summed E-state index contributed by atoms with van der Waals surface area (Å²) in [6.07, 6.45) is 0.624. The third kappa shape index (κ3) is 3.09. The molecule has 0 bridgehead atoms. The second-order valence-corrected chi connectivity index (χ2v) is 3.10. The molecule has 1 rings (SSSR count). The van der Waals surface area contributed by atoms with Gasteiger partial charge in [-0.25, -0.2) is 4.79 Å². The van der Waals surface area contributed by atoms with Crippen molar-refractivity contribution in [1.29, 1.82) is 0 Å². The standard InChI is InChI=1S/C11H15NO2/c1-3-9-12(2)11(13)14-10-7-5-4-6-8-10/h4-8H,3,9H2,1-2H3. The number of hydrogen-bond acceptors (Lipinski definition) is 2. The zero-order chi connectivity index (χ0) is 10.4. The largest absolute Gasteiger partial charge is 0.414 e. The first-order valence-electron chi connectivity index (χ1n) is 4.72. The Morgan fingerprint density at radius 2 is 2.00 bits per heavy atom. The lowest BCUT2D eigenvalue weighted by Crippen LogP contribution is -2.30. The molecule has 0 aliphatic rings. The van der Waals surface area contributed by atoms with Gasteiger partial charge in [0.2, 0.25) is 0 Å². The molecule has 76 valence electrons. The number of amides is 1. The number of rotatable bonds is 3. The Labute approximate surface area is 84.3 Å². The van der Waals surface area contributed by atoms with Crippen molar-refractivity contribution in [3.05, 3.63) is 30.3 Å². The van der Waals surface area contributed by atoms with Gasteiger partial charge in [0, 0.05) is 13.6 Å². The Morgan fingerprint density at radius 1 is 1.36 bits per heavy atom. The number of nitrogens with zero attached hydrogens (tertiary/aromatic N) is 1. The van der Waals surface area contributed by atoms with E-state index in [-0.39, 0.29) is 6.09 Å². The van der Waals surface area contributed by atoms with Crippen molar-refractivity contribution < 1.29 is 9.53 Å². The maximum Gasteiger partial charge on any atom is 0.414 e. The quantitative estimate of drug-likeness (QED) is 0.738. The Morgan fingerprint density at radius 3 is 2.57 bits per heavy atom. The molecule has 3 heteroatoms. The van der Waals surface area contributed by atoms with Crippen LogP contribution >= 0.6 is 0 Å². The normalized spacial score (nSPS) is 9.57. The molecule has 0 saturated heterocycles. The first kappa shape index (κ1) is 10.6. The van der Waals surface area contributed by atoms with Crippen molar-refractivity contribution in [2.75, 3.05) is 13.6 Å². The van der Waals surface area contributed by atoms with E-state index in [1.54, 1.807) is 24.1 Å². The monoisotopic (exact) mass is 193 g/mol. The van der Waals surface area contributed by atoms with Crippen molar-refractivity contribution in [2.24, 2.45) is 0 Å². The third-order valence-corrected chi connectivity index (χ3v) is 1.82. The molecule has 0 atom stereocenters. The third-order valence-electron chi connectivity index (χ3n) is 1.82. The average Bonchev–Trinajstić information content (AvgIpc) is 2.19. The van der Waals surface area contributed by atoms with Gasteiger partial charge in [0.1, 0.15) is 5.75 Å². The molecular formula is C11H15NO2. The van der Waals surface area contributed by atoms with Gasteiger partial charge in [0.05, 0.1) is 0 Å². The highest BCUT2D eigenvalue weighted by Crippen LogP contribution is 2.09. The summed E-state index contributed by atoms with van der Waals surface area (Å²) in [6.45, 7) is 2.73. The van der Waals surface area contributed by atoms with E-state index in [0.717, 1.165) is 6.42 Å².